The van der Waals surface area contributed by atoms with Gasteiger partial charge in [0.1, 0.15) is 12.2 Å². The number of ether oxygens (including phenoxy) is 1. The molecule has 2 heterocycles. The fourth-order valence-electron chi connectivity index (χ4n) is 4.32. The van der Waals surface area contributed by atoms with Gasteiger partial charge >= 0.3 is 5.69 Å². The number of furan rings is 1. The molecule has 0 bridgehead atoms. The van der Waals surface area contributed by atoms with Gasteiger partial charge in [0.2, 0.25) is 11.6 Å². The lowest BCUT2D eigenvalue weighted by Gasteiger charge is -2.11. The molecule has 0 aliphatic rings. The van der Waals surface area contributed by atoms with Crippen LogP contribution in [0.2, 0.25) is 10.0 Å². The lowest BCUT2D eigenvalue weighted by atomic mass is 10.2. The summed E-state index contributed by atoms with van der Waals surface area (Å²) < 4.78 is 12.8. The Morgan fingerprint density at radius 3 is 2.54 bits per heavy atom. The Bertz CT molecular complexity index is 2020. The van der Waals surface area contributed by atoms with Crippen molar-refractivity contribution in [3.8, 4) is 17.3 Å². The second kappa shape index (κ2) is 10.9. The summed E-state index contributed by atoms with van der Waals surface area (Å²) in [5, 5.41) is 17.9. The Balaban J connectivity index is 1.42. The van der Waals surface area contributed by atoms with Gasteiger partial charge in [-0.15, -0.1) is 0 Å². The summed E-state index contributed by atoms with van der Waals surface area (Å²) in [6.07, 6.45) is 1.29. The molecule has 6 aromatic rings. The number of nitrogens with zero attached hydrogens (tertiary/aromatic N) is 4. The molecule has 4 aromatic carbocycles. The van der Waals surface area contributed by atoms with Crippen LogP contribution in [0.25, 0.3) is 33.5 Å². The molecule has 41 heavy (non-hydrogen) atoms. The van der Waals surface area contributed by atoms with Crippen molar-refractivity contribution in [1.82, 2.24) is 9.66 Å². The molecule has 0 amide bonds. The quantitative estimate of drug-likeness (QED) is 0.109. The van der Waals surface area contributed by atoms with Gasteiger partial charge in [-0.25, -0.2) is 4.98 Å². The summed E-state index contributed by atoms with van der Waals surface area (Å²) in [7, 11) is 0. The molecule has 0 saturated heterocycles. The zero-order chi connectivity index (χ0) is 28.5. The molecule has 9 nitrogen and oxygen atoms in total. The van der Waals surface area contributed by atoms with Crippen LogP contribution in [0.3, 0.4) is 0 Å². The minimum Gasteiger partial charge on any atom is -0.481 e. The molecular weight excluding hydrogens is 567 g/mol. The minimum absolute atomic E-state index is 0.00538. The molecule has 6 rings (SSSR count). The van der Waals surface area contributed by atoms with Crippen LogP contribution in [-0.4, -0.2) is 20.8 Å². The van der Waals surface area contributed by atoms with E-state index in [4.69, 9.17) is 32.4 Å². The molecule has 0 atom stereocenters. The van der Waals surface area contributed by atoms with E-state index in [1.165, 1.54) is 18.3 Å². The smallest absolute Gasteiger partial charge is 0.313 e. The number of hydrogen-bond donors (Lipinski definition) is 0. The molecule has 0 unspecified atom stereocenters. The predicted molar refractivity (Wildman–Crippen MR) is 158 cm³/mol. The van der Waals surface area contributed by atoms with Crippen LogP contribution < -0.4 is 10.3 Å². The Hall–Kier alpha value is -4.99. The van der Waals surface area contributed by atoms with Crippen LogP contribution in [0, 0.1) is 10.1 Å². The maximum Gasteiger partial charge on any atom is 0.313 e. The Kier molecular flexibility index (Phi) is 6.96. The number of para-hydroxylation sites is 2. The first-order valence-electron chi connectivity index (χ1n) is 12.3. The molecular formula is C30H18Cl2N4O5. The van der Waals surface area contributed by atoms with Gasteiger partial charge in [-0.05, 0) is 36.4 Å². The average Bonchev–Trinajstić information content (AvgIpc) is 3.41. The molecule has 0 N–H and O–H groups in total. The molecule has 0 saturated carbocycles. The predicted octanol–water partition coefficient (Wildman–Crippen LogP) is 7.49. The average molecular weight is 585 g/mol. The Morgan fingerprint density at radius 1 is 0.976 bits per heavy atom. The number of nitro groups is 1. The van der Waals surface area contributed by atoms with Crippen LogP contribution in [-0.2, 0) is 6.61 Å². The van der Waals surface area contributed by atoms with Crippen molar-refractivity contribution >= 4 is 57.0 Å². The molecule has 0 aliphatic carbocycles. The van der Waals surface area contributed by atoms with Gasteiger partial charge in [0.15, 0.2) is 5.76 Å². The van der Waals surface area contributed by atoms with Gasteiger partial charge in [-0.3, -0.25) is 14.9 Å². The van der Waals surface area contributed by atoms with Crippen molar-refractivity contribution in [2.24, 2.45) is 5.10 Å². The van der Waals surface area contributed by atoms with Crippen molar-refractivity contribution < 1.29 is 14.1 Å². The van der Waals surface area contributed by atoms with Crippen molar-refractivity contribution in [1.29, 1.82) is 0 Å². The van der Waals surface area contributed by atoms with Crippen LogP contribution >= 0.6 is 23.2 Å². The zero-order valence-corrected chi connectivity index (χ0v) is 22.5. The largest absolute Gasteiger partial charge is 0.481 e. The minimum atomic E-state index is -0.602. The number of halogens is 2. The normalized spacial score (nSPS) is 11.5. The van der Waals surface area contributed by atoms with Gasteiger partial charge in [-0.2, -0.15) is 9.78 Å². The summed E-state index contributed by atoms with van der Waals surface area (Å²) >= 11 is 12.6. The summed E-state index contributed by atoms with van der Waals surface area (Å²) in [5.41, 5.74) is 1.19. The lowest BCUT2D eigenvalue weighted by molar-refractivity contribution is -0.385. The molecule has 0 aliphatic heterocycles. The topological polar surface area (TPSA) is 113 Å². The first kappa shape index (κ1) is 26.2. The molecule has 0 radical (unpaired) electrons. The lowest BCUT2D eigenvalue weighted by Crippen LogP contribution is -2.20. The maximum atomic E-state index is 13.5. The summed E-state index contributed by atoms with van der Waals surface area (Å²) in [6, 6.07) is 25.8. The van der Waals surface area contributed by atoms with E-state index in [1.54, 1.807) is 54.6 Å². The number of rotatable bonds is 7. The van der Waals surface area contributed by atoms with E-state index in [-0.39, 0.29) is 34.5 Å². The molecule has 0 spiro atoms. The van der Waals surface area contributed by atoms with Gasteiger partial charge < -0.3 is 9.15 Å². The number of fused-ring (bicyclic) bond motifs is 2. The van der Waals surface area contributed by atoms with E-state index in [9.17, 15) is 14.9 Å². The SMILES string of the molecule is O=c1c2ccccc2nc(-c2cc3ccccc3o2)n1N=Cc1cc(Cl)c(OCc2ccccc2Cl)c([N+](=O)[O-])c1. The number of nitro benzene ring substituents is 1. The maximum absolute atomic E-state index is 13.5. The second-order valence-electron chi connectivity index (χ2n) is 8.95. The highest BCUT2D eigenvalue weighted by molar-refractivity contribution is 6.32. The van der Waals surface area contributed by atoms with Gasteiger partial charge in [0.25, 0.3) is 5.56 Å². The van der Waals surface area contributed by atoms with E-state index < -0.39 is 10.5 Å². The first-order valence-corrected chi connectivity index (χ1v) is 13.0. The highest BCUT2D eigenvalue weighted by Crippen LogP contribution is 2.37. The fourth-order valence-corrected chi connectivity index (χ4v) is 4.79. The van der Waals surface area contributed by atoms with Crippen LogP contribution in [0.5, 0.6) is 5.75 Å². The van der Waals surface area contributed by atoms with E-state index in [2.05, 4.69) is 10.1 Å². The molecule has 202 valence electrons. The first-order chi connectivity index (χ1) is 19.9. The summed E-state index contributed by atoms with van der Waals surface area (Å²) in [5.74, 6) is 0.390. The Morgan fingerprint density at radius 2 is 1.73 bits per heavy atom. The zero-order valence-electron chi connectivity index (χ0n) is 21.0. The van der Waals surface area contributed by atoms with Crippen molar-refractivity contribution in [3.05, 3.63) is 133 Å². The standard InChI is InChI=1S/C30H18Cl2N4O5/c31-22-10-4-1-8-20(22)17-40-28-23(32)13-18(14-25(28)36(38)39)16-33-35-29(27-15-19-7-2-6-12-26(19)41-27)34-24-11-5-3-9-21(24)30(35)37/h1-16H,17H2. The second-order valence-corrected chi connectivity index (χ2v) is 9.77. The summed E-state index contributed by atoms with van der Waals surface area (Å²) in [6.45, 7) is -0.0211. The fraction of sp³-hybridized carbons (Fsp3) is 0.0333. The highest BCUT2D eigenvalue weighted by atomic mass is 35.5. The Labute approximate surface area is 242 Å². The van der Waals surface area contributed by atoms with Gasteiger partial charge in [-0.1, -0.05) is 71.7 Å². The van der Waals surface area contributed by atoms with E-state index in [0.29, 0.717) is 32.8 Å². The number of hydrogen-bond acceptors (Lipinski definition) is 7. The van der Waals surface area contributed by atoms with E-state index in [0.717, 1.165) is 10.1 Å². The van der Waals surface area contributed by atoms with Gasteiger partial charge in [0.05, 0.1) is 27.1 Å². The monoisotopic (exact) mass is 584 g/mol. The third kappa shape index (κ3) is 5.16. The van der Waals surface area contributed by atoms with Crippen molar-refractivity contribution in [2.75, 3.05) is 0 Å². The van der Waals surface area contributed by atoms with Crippen molar-refractivity contribution in [2.45, 2.75) is 6.61 Å². The summed E-state index contributed by atoms with van der Waals surface area (Å²) in [4.78, 5) is 29.5. The van der Waals surface area contributed by atoms with Crippen LogP contribution in [0.1, 0.15) is 11.1 Å². The number of benzene rings is 4. The van der Waals surface area contributed by atoms with Crippen LogP contribution in [0.15, 0.2) is 105 Å². The van der Waals surface area contributed by atoms with E-state index in [1.807, 2.05) is 24.3 Å². The molecule has 0 fully saturated rings. The van der Waals surface area contributed by atoms with E-state index >= 15 is 0 Å². The number of aromatic nitrogens is 2. The van der Waals surface area contributed by atoms with Gasteiger partial charge in [0, 0.05) is 27.6 Å². The third-order valence-electron chi connectivity index (χ3n) is 6.29. The third-order valence-corrected chi connectivity index (χ3v) is 6.94. The van der Waals surface area contributed by atoms with Crippen LogP contribution in [0.4, 0.5) is 5.69 Å². The molecule has 11 heteroatoms. The highest BCUT2D eigenvalue weighted by Gasteiger charge is 2.21. The molecule has 2 aromatic heterocycles. The van der Waals surface area contributed by atoms with Crippen molar-refractivity contribution in [3.63, 3.8) is 0 Å².